The SMILES string of the molecule is CN1Cc2ccc(CN(C)C(=O)N[C@H](CN3CCCC3)C(C)(C)C)cc2C1. The summed E-state index contributed by atoms with van der Waals surface area (Å²) in [5.74, 6) is 0. The maximum atomic E-state index is 12.9. The summed E-state index contributed by atoms with van der Waals surface area (Å²) in [6.45, 7) is 12.6. The number of nitrogens with one attached hydrogen (secondary N) is 1. The van der Waals surface area contributed by atoms with Crippen molar-refractivity contribution in [1.29, 1.82) is 0 Å². The van der Waals surface area contributed by atoms with Crippen LogP contribution in [0.25, 0.3) is 0 Å². The molecule has 0 aliphatic carbocycles. The second kappa shape index (κ2) is 8.19. The second-order valence-corrected chi connectivity index (χ2v) is 9.51. The van der Waals surface area contributed by atoms with Crippen LogP contribution in [-0.4, -0.2) is 60.5 Å². The first-order valence-electron chi connectivity index (χ1n) is 10.3. The highest BCUT2D eigenvalue weighted by Gasteiger charge is 2.30. The number of hydrogen-bond acceptors (Lipinski definition) is 3. The molecule has 2 aliphatic rings. The van der Waals surface area contributed by atoms with E-state index < -0.39 is 0 Å². The van der Waals surface area contributed by atoms with Gasteiger partial charge in [-0.3, -0.25) is 4.90 Å². The highest BCUT2D eigenvalue weighted by molar-refractivity contribution is 5.74. The zero-order valence-electron chi connectivity index (χ0n) is 17.7. The zero-order chi connectivity index (χ0) is 19.6. The Balaban J connectivity index is 1.59. The molecule has 1 atom stereocenters. The molecule has 0 spiro atoms. The third-order valence-corrected chi connectivity index (χ3v) is 5.90. The van der Waals surface area contributed by atoms with Crippen molar-refractivity contribution >= 4 is 6.03 Å². The summed E-state index contributed by atoms with van der Waals surface area (Å²) in [5, 5.41) is 3.30. The highest BCUT2D eigenvalue weighted by Crippen LogP contribution is 2.24. The third-order valence-electron chi connectivity index (χ3n) is 5.90. The Kier molecular flexibility index (Phi) is 6.11. The molecule has 0 aromatic heterocycles. The average Bonchev–Trinajstić information content (AvgIpc) is 3.21. The number of carbonyl (C=O) groups excluding carboxylic acids is 1. The summed E-state index contributed by atoms with van der Waals surface area (Å²) in [5.41, 5.74) is 4.04. The lowest BCUT2D eigenvalue weighted by Gasteiger charge is -2.35. The molecule has 150 valence electrons. The maximum Gasteiger partial charge on any atom is 0.317 e. The van der Waals surface area contributed by atoms with Gasteiger partial charge in [0.25, 0.3) is 0 Å². The van der Waals surface area contributed by atoms with Crippen molar-refractivity contribution in [3.63, 3.8) is 0 Å². The monoisotopic (exact) mass is 372 g/mol. The number of nitrogens with zero attached hydrogens (tertiary/aromatic N) is 3. The lowest BCUT2D eigenvalue weighted by Crippen LogP contribution is -2.53. The van der Waals surface area contributed by atoms with Crippen molar-refractivity contribution in [1.82, 2.24) is 20.0 Å². The van der Waals surface area contributed by atoms with Gasteiger partial charge in [0.1, 0.15) is 0 Å². The van der Waals surface area contributed by atoms with Crippen LogP contribution in [0.15, 0.2) is 18.2 Å². The summed E-state index contributed by atoms with van der Waals surface area (Å²) in [4.78, 5) is 19.5. The third kappa shape index (κ3) is 5.23. The van der Waals surface area contributed by atoms with Gasteiger partial charge < -0.3 is 15.1 Å². The van der Waals surface area contributed by atoms with E-state index in [0.717, 1.165) is 32.7 Å². The minimum Gasteiger partial charge on any atom is -0.333 e. The quantitative estimate of drug-likeness (QED) is 0.862. The van der Waals surface area contributed by atoms with Gasteiger partial charge in [-0.05, 0) is 55.1 Å². The molecule has 0 saturated carbocycles. The molecule has 2 heterocycles. The predicted molar refractivity (Wildman–Crippen MR) is 111 cm³/mol. The van der Waals surface area contributed by atoms with Crippen LogP contribution >= 0.6 is 0 Å². The van der Waals surface area contributed by atoms with Gasteiger partial charge in [-0.15, -0.1) is 0 Å². The molecule has 1 saturated heterocycles. The average molecular weight is 373 g/mol. The van der Waals surface area contributed by atoms with E-state index in [1.54, 1.807) is 0 Å². The molecule has 2 aliphatic heterocycles. The molecule has 27 heavy (non-hydrogen) atoms. The van der Waals surface area contributed by atoms with Crippen LogP contribution in [0.3, 0.4) is 0 Å². The fourth-order valence-electron chi connectivity index (χ4n) is 4.08. The smallest absolute Gasteiger partial charge is 0.317 e. The van der Waals surface area contributed by atoms with E-state index in [1.165, 1.54) is 29.5 Å². The standard InChI is InChI=1S/C22H36N4O/c1-22(2,3)20(16-26-10-6-7-11-26)23-21(27)25(5)13-17-8-9-18-14-24(4)15-19(18)12-17/h8-9,12,20H,6-7,10-11,13-16H2,1-5H3,(H,23,27)/t20-/m1/s1. The summed E-state index contributed by atoms with van der Waals surface area (Å²) in [6.07, 6.45) is 2.55. The summed E-state index contributed by atoms with van der Waals surface area (Å²) < 4.78 is 0. The van der Waals surface area contributed by atoms with E-state index >= 15 is 0 Å². The molecule has 2 amide bonds. The largest absolute Gasteiger partial charge is 0.333 e. The minimum atomic E-state index is 0.0201. The number of rotatable bonds is 5. The van der Waals surface area contributed by atoms with Crippen molar-refractivity contribution in [3.8, 4) is 0 Å². The van der Waals surface area contributed by atoms with E-state index in [9.17, 15) is 4.79 Å². The van der Waals surface area contributed by atoms with Gasteiger partial charge >= 0.3 is 6.03 Å². The second-order valence-electron chi connectivity index (χ2n) is 9.51. The molecule has 1 fully saturated rings. The van der Waals surface area contributed by atoms with E-state index in [4.69, 9.17) is 0 Å². The number of benzene rings is 1. The minimum absolute atomic E-state index is 0.0201. The Morgan fingerprint density at radius 1 is 1.19 bits per heavy atom. The molecule has 1 aromatic carbocycles. The summed E-state index contributed by atoms with van der Waals surface area (Å²) in [7, 11) is 4.04. The van der Waals surface area contributed by atoms with Gasteiger partial charge in [0.15, 0.2) is 0 Å². The highest BCUT2D eigenvalue weighted by atomic mass is 16.2. The predicted octanol–water partition coefficient (Wildman–Crippen LogP) is 3.28. The number of amides is 2. The molecule has 1 aromatic rings. The number of hydrogen-bond donors (Lipinski definition) is 1. The van der Waals surface area contributed by atoms with Gasteiger partial charge in [0, 0.05) is 39.3 Å². The Hall–Kier alpha value is -1.59. The van der Waals surface area contributed by atoms with Crippen LogP contribution in [0, 0.1) is 5.41 Å². The van der Waals surface area contributed by atoms with Crippen LogP contribution in [-0.2, 0) is 19.6 Å². The molecule has 1 N–H and O–H groups in total. The van der Waals surface area contributed by atoms with Crippen LogP contribution < -0.4 is 5.32 Å². The molecule has 5 nitrogen and oxygen atoms in total. The molecule has 0 bridgehead atoms. The molecular weight excluding hydrogens is 336 g/mol. The lowest BCUT2D eigenvalue weighted by molar-refractivity contribution is 0.167. The molecule has 3 rings (SSSR count). The van der Waals surface area contributed by atoms with Gasteiger partial charge in [-0.1, -0.05) is 39.0 Å². The van der Waals surface area contributed by atoms with Crippen molar-refractivity contribution in [3.05, 3.63) is 34.9 Å². The van der Waals surface area contributed by atoms with Crippen molar-refractivity contribution < 1.29 is 4.79 Å². The normalized spacial score (nSPS) is 19.1. The topological polar surface area (TPSA) is 38.8 Å². The molecule has 0 radical (unpaired) electrons. The zero-order valence-corrected chi connectivity index (χ0v) is 17.7. The first-order valence-corrected chi connectivity index (χ1v) is 10.3. The van der Waals surface area contributed by atoms with Crippen molar-refractivity contribution in [2.75, 3.05) is 33.7 Å². The maximum absolute atomic E-state index is 12.9. The molecular formula is C22H36N4O. The number of fused-ring (bicyclic) bond motifs is 1. The Labute approximate surface area is 164 Å². The first kappa shape index (κ1) is 20.2. The number of likely N-dealkylation sites (tertiary alicyclic amines) is 1. The van der Waals surface area contributed by atoms with Crippen LogP contribution in [0.1, 0.15) is 50.3 Å². The van der Waals surface area contributed by atoms with Crippen LogP contribution in [0.2, 0.25) is 0 Å². The lowest BCUT2D eigenvalue weighted by atomic mass is 9.86. The number of urea groups is 1. The Morgan fingerprint density at radius 3 is 2.52 bits per heavy atom. The van der Waals surface area contributed by atoms with Crippen LogP contribution in [0.5, 0.6) is 0 Å². The van der Waals surface area contributed by atoms with Crippen LogP contribution in [0.4, 0.5) is 4.79 Å². The van der Waals surface area contributed by atoms with Gasteiger partial charge in [0.05, 0.1) is 0 Å². The Bertz CT molecular complexity index is 661. The Morgan fingerprint density at radius 2 is 1.85 bits per heavy atom. The number of carbonyl (C=O) groups is 1. The van der Waals surface area contributed by atoms with E-state index in [1.807, 2.05) is 11.9 Å². The molecule has 0 unspecified atom stereocenters. The first-order chi connectivity index (χ1) is 12.7. The van der Waals surface area contributed by atoms with Crippen molar-refractivity contribution in [2.45, 2.75) is 59.3 Å². The fraction of sp³-hybridized carbons (Fsp3) is 0.682. The van der Waals surface area contributed by atoms with Gasteiger partial charge in [-0.25, -0.2) is 4.79 Å². The molecule has 5 heteroatoms. The summed E-state index contributed by atoms with van der Waals surface area (Å²) in [6, 6.07) is 6.80. The fourth-order valence-corrected chi connectivity index (χ4v) is 4.08. The van der Waals surface area contributed by atoms with E-state index in [2.05, 4.69) is 61.1 Å². The van der Waals surface area contributed by atoms with Crippen molar-refractivity contribution in [2.24, 2.45) is 5.41 Å². The van der Waals surface area contributed by atoms with E-state index in [0.29, 0.717) is 6.54 Å². The van der Waals surface area contributed by atoms with Gasteiger partial charge in [-0.2, -0.15) is 0 Å². The van der Waals surface area contributed by atoms with E-state index in [-0.39, 0.29) is 17.5 Å². The summed E-state index contributed by atoms with van der Waals surface area (Å²) >= 11 is 0. The van der Waals surface area contributed by atoms with Gasteiger partial charge in [0.2, 0.25) is 0 Å².